The van der Waals surface area contributed by atoms with Gasteiger partial charge in [0.1, 0.15) is 17.4 Å². The fourth-order valence-corrected chi connectivity index (χ4v) is 4.08. The van der Waals surface area contributed by atoms with E-state index >= 15 is 4.39 Å². The number of unbranched alkanes of at least 4 members (excludes halogenated alkanes) is 2. The molecule has 0 spiro atoms. The van der Waals surface area contributed by atoms with Crippen molar-refractivity contribution in [3.05, 3.63) is 101 Å². The second-order valence-electron chi connectivity index (χ2n) is 8.48. The summed E-state index contributed by atoms with van der Waals surface area (Å²) in [6.45, 7) is 2.71. The van der Waals surface area contributed by atoms with Gasteiger partial charge in [0.05, 0.1) is 18.2 Å². The van der Waals surface area contributed by atoms with Crippen LogP contribution in [0.2, 0.25) is 0 Å². The van der Waals surface area contributed by atoms with Gasteiger partial charge in [0.15, 0.2) is 0 Å². The van der Waals surface area contributed by atoms with Crippen LogP contribution < -0.4 is 4.74 Å². The number of aryl methyl sites for hydroxylation is 2. The molecule has 0 bridgehead atoms. The van der Waals surface area contributed by atoms with Crippen LogP contribution in [0.25, 0.3) is 21.9 Å². The summed E-state index contributed by atoms with van der Waals surface area (Å²) < 4.78 is 35.6. The van der Waals surface area contributed by atoms with Gasteiger partial charge in [0, 0.05) is 17.0 Å². The maximum Gasteiger partial charge on any atom is 0.134 e. The summed E-state index contributed by atoms with van der Waals surface area (Å²) in [7, 11) is 0. The molecule has 0 amide bonds. The van der Waals surface area contributed by atoms with E-state index < -0.39 is 0 Å². The summed E-state index contributed by atoms with van der Waals surface area (Å²) >= 11 is 0. The van der Waals surface area contributed by atoms with Crippen LogP contribution in [0, 0.1) is 23.0 Å². The average Bonchev–Trinajstić information content (AvgIpc) is 2.86. The Morgan fingerprint density at radius 1 is 0.853 bits per heavy atom. The van der Waals surface area contributed by atoms with Crippen molar-refractivity contribution in [2.45, 2.75) is 39.0 Å². The van der Waals surface area contributed by atoms with Crippen LogP contribution in [-0.2, 0) is 12.8 Å². The van der Waals surface area contributed by atoms with Crippen molar-refractivity contribution < 1.29 is 13.5 Å². The van der Waals surface area contributed by atoms with Crippen molar-refractivity contribution in [2.24, 2.45) is 0 Å². The van der Waals surface area contributed by atoms with Gasteiger partial charge in [0.2, 0.25) is 0 Å². The number of fused-ring (bicyclic) bond motifs is 1. The highest BCUT2D eigenvalue weighted by molar-refractivity contribution is 5.88. The number of benzene rings is 4. The summed E-state index contributed by atoms with van der Waals surface area (Å²) in [5.74, 6) is -0.0723. The third-order valence-electron chi connectivity index (χ3n) is 6.07. The largest absolute Gasteiger partial charge is 0.493 e. The summed E-state index contributed by atoms with van der Waals surface area (Å²) in [5.41, 5.74) is 3.48. The Balaban J connectivity index is 1.50. The molecule has 0 heterocycles. The van der Waals surface area contributed by atoms with Crippen LogP contribution >= 0.6 is 0 Å². The van der Waals surface area contributed by atoms with Crippen molar-refractivity contribution in [3.63, 3.8) is 0 Å². The molecule has 0 saturated heterocycles. The van der Waals surface area contributed by atoms with Gasteiger partial charge in [-0.25, -0.2) is 8.78 Å². The molecule has 0 fully saturated rings. The molecule has 0 aliphatic carbocycles. The molecule has 4 heteroatoms. The van der Waals surface area contributed by atoms with E-state index in [1.165, 1.54) is 6.07 Å². The predicted molar refractivity (Wildman–Crippen MR) is 133 cm³/mol. The molecule has 0 saturated carbocycles. The van der Waals surface area contributed by atoms with Gasteiger partial charge in [-0.05, 0) is 71.7 Å². The fraction of sp³-hybridized carbons (Fsp3) is 0.233. The Kier molecular flexibility index (Phi) is 7.54. The first-order chi connectivity index (χ1) is 16.6. The van der Waals surface area contributed by atoms with E-state index in [1.54, 1.807) is 42.5 Å². The summed E-state index contributed by atoms with van der Waals surface area (Å²) in [4.78, 5) is 0. The van der Waals surface area contributed by atoms with Crippen LogP contribution in [0.15, 0.2) is 72.8 Å². The maximum atomic E-state index is 15.2. The lowest BCUT2D eigenvalue weighted by Gasteiger charge is -2.11. The lowest BCUT2D eigenvalue weighted by molar-refractivity contribution is 0.305. The van der Waals surface area contributed by atoms with Crippen molar-refractivity contribution in [3.8, 4) is 22.9 Å². The second kappa shape index (κ2) is 10.9. The third kappa shape index (κ3) is 5.43. The number of hydrogen-bond donors (Lipinski definition) is 0. The average molecular weight is 456 g/mol. The first kappa shape index (κ1) is 23.4. The second-order valence-corrected chi connectivity index (χ2v) is 8.48. The van der Waals surface area contributed by atoms with E-state index in [9.17, 15) is 4.39 Å². The van der Waals surface area contributed by atoms with Gasteiger partial charge < -0.3 is 4.74 Å². The van der Waals surface area contributed by atoms with Crippen molar-refractivity contribution >= 4 is 10.8 Å². The molecule has 0 aliphatic rings. The quantitative estimate of drug-likeness (QED) is 0.239. The fourth-order valence-electron chi connectivity index (χ4n) is 4.08. The molecule has 2 nitrogen and oxygen atoms in total. The van der Waals surface area contributed by atoms with E-state index in [0.29, 0.717) is 52.8 Å². The summed E-state index contributed by atoms with van der Waals surface area (Å²) in [6.07, 6.45) is 4.39. The maximum absolute atomic E-state index is 15.2. The predicted octanol–water partition coefficient (Wildman–Crippen LogP) is 8.01. The van der Waals surface area contributed by atoms with Crippen molar-refractivity contribution in [2.75, 3.05) is 6.61 Å². The number of hydrogen-bond acceptors (Lipinski definition) is 2. The Hall–Kier alpha value is -3.71. The Labute approximate surface area is 199 Å². The van der Waals surface area contributed by atoms with Crippen molar-refractivity contribution in [1.29, 1.82) is 5.26 Å². The van der Waals surface area contributed by atoms with Crippen LogP contribution in [-0.4, -0.2) is 6.61 Å². The molecule has 172 valence electrons. The number of nitriles is 1. The molecular weight excluding hydrogens is 428 g/mol. The number of nitrogens with zero attached hydrogens (tertiary/aromatic N) is 1. The van der Waals surface area contributed by atoms with E-state index in [0.717, 1.165) is 30.2 Å². The minimum Gasteiger partial charge on any atom is -0.493 e. The normalized spacial score (nSPS) is 10.9. The topological polar surface area (TPSA) is 33.0 Å². The molecule has 34 heavy (non-hydrogen) atoms. The van der Waals surface area contributed by atoms with Crippen molar-refractivity contribution in [1.82, 2.24) is 0 Å². The van der Waals surface area contributed by atoms with E-state index in [2.05, 4.69) is 13.0 Å². The highest BCUT2D eigenvalue weighted by atomic mass is 19.1. The Morgan fingerprint density at radius 2 is 1.68 bits per heavy atom. The molecule has 4 aromatic carbocycles. The lowest BCUT2D eigenvalue weighted by atomic mass is 9.97. The zero-order chi connectivity index (χ0) is 23.9. The highest BCUT2D eigenvalue weighted by Gasteiger charge is 2.12. The third-order valence-corrected chi connectivity index (χ3v) is 6.07. The van der Waals surface area contributed by atoms with E-state index in [-0.39, 0.29) is 11.6 Å². The monoisotopic (exact) mass is 455 g/mol. The SMILES string of the molecule is CCCCCOc1ccc(-c2ccc3c(F)c(CCc4ccc(C#N)cc4)ccc3c2)c(F)c1. The molecule has 0 unspecified atom stereocenters. The first-order valence-electron chi connectivity index (χ1n) is 11.7. The lowest BCUT2D eigenvalue weighted by Crippen LogP contribution is -1.98. The molecule has 0 aliphatic heterocycles. The van der Waals surface area contributed by atoms with Gasteiger partial charge in [-0.2, -0.15) is 5.26 Å². The molecule has 0 aromatic heterocycles. The summed E-state index contributed by atoms with van der Waals surface area (Å²) in [6, 6.07) is 23.4. The number of rotatable bonds is 9. The molecule has 0 atom stereocenters. The first-order valence-corrected chi connectivity index (χ1v) is 11.7. The number of halogens is 2. The van der Waals surface area contributed by atoms with Crippen LogP contribution in [0.4, 0.5) is 8.78 Å². The van der Waals surface area contributed by atoms with Crippen LogP contribution in [0.5, 0.6) is 5.75 Å². The van der Waals surface area contributed by atoms with Gasteiger partial charge in [0.25, 0.3) is 0 Å². The van der Waals surface area contributed by atoms with Gasteiger partial charge in [-0.1, -0.05) is 56.2 Å². The van der Waals surface area contributed by atoms with Crippen LogP contribution in [0.3, 0.4) is 0 Å². The minimum atomic E-state index is -0.355. The highest BCUT2D eigenvalue weighted by Crippen LogP contribution is 2.31. The molecule has 0 N–H and O–H groups in total. The standard InChI is InChI=1S/C30H27F2NO/c1-2-3-4-17-34-26-14-16-27(29(31)19-26)24-13-15-28-25(18-24)12-11-23(30(28)32)10-9-21-5-7-22(20-33)8-6-21/h5-8,11-16,18-19H,2-4,9-10,17H2,1H3. The molecule has 4 rings (SSSR count). The van der Waals surface area contributed by atoms with Gasteiger partial charge in [-0.3, -0.25) is 0 Å². The summed E-state index contributed by atoms with van der Waals surface area (Å²) in [5, 5.41) is 10.2. The van der Waals surface area contributed by atoms with E-state index in [1.807, 2.05) is 24.3 Å². The van der Waals surface area contributed by atoms with E-state index in [4.69, 9.17) is 10.00 Å². The minimum absolute atomic E-state index is 0.242. The Bertz CT molecular complexity index is 1320. The molecule has 0 radical (unpaired) electrons. The Morgan fingerprint density at radius 3 is 2.41 bits per heavy atom. The zero-order valence-corrected chi connectivity index (χ0v) is 19.3. The number of ether oxygens (including phenoxy) is 1. The van der Waals surface area contributed by atoms with Crippen LogP contribution in [0.1, 0.15) is 42.9 Å². The molecular formula is C30H27F2NO. The van der Waals surface area contributed by atoms with Gasteiger partial charge in [-0.15, -0.1) is 0 Å². The van der Waals surface area contributed by atoms with Gasteiger partial charge >= 0.3 is 0 Å². The smallest absolute Gasteiger partial charge is 0.134 e. The zero-order valence-electron chi connectivity index (χ0n) is 19.3. The molecule has 4 aromatic rings.